The molecule has 24 heavy (non-hydrogen) atoms. The third-order valence-corrected chi connectivity index (χ3v) is 4.31. The Labute approximate surface area is 142 Å². The standard InChI is InChI=1S/C20H20N4/c1-2-3-4-8-18(22)19-14-24-10-9-17(12-20(24)23-19)16-7-5-6-15(11-16)13-21/h2-8,11,14,17H,1,9-10,12,22H2/b4-3-,18-8-. The molecule has 0 spiro atoms. The Hall–Kier alpha value is -3.06. The predicted octanol–water partition coefficient (Wildman–Crippen LogP) is 3.53. The lowest BCUT2D eigenvalue weighted by Crippen LogP contribution is -2.17. The average molecular weight is 316 g/mol. The zero-order valence-electron chi connectivity index (χ0n) is 13.5. The van der Waals surface area contributed by atoms with Crippen molar-refractivity contribution >= 4 is 5.70 Å². The summed E-state index contributed by atoms with van der Waals surface area (Å²) in [5, 5.41) is 9.07. The number of nitrogens with zero attached hydrogens (tertiary/aromatic N) is 3. The normalized spacial score (nSPS) is 17.5. The van der Waals surface area contributed by atoms with E-state index >= 15 is 0 Å². The molecular weight excluding hydrogens is 296 g/mol. The molecule has 0 radical (unpaired) electrons. The number of nitrogens with two attached hydrogens (primary N) is 1. The van der Waals surface area contributed by atoms with Crippen molar-refractivity contribution in [2.24, 2.45) is 5.73 Å². The van der Waals surface area contributed by atoms with Gasteiger partial charge in [0.25, 0.3) is 0 Å². The molecule has 1 aromatic heterocycles. The Kier molecular flexibility index (Phi) is 4.62. The number of nitriles is 1. The van der Waals surface area contributed by atoms with Crippen LogP contribution in [-0.2, 0) is 13.0 Å². The van der Waals surface area contributed by atoms with Gasteiger partial charge in [0.15, 0.2) is 0 Å². The second-order valence-corrected chi connectivity index (χ2v) is 5.91. The summed E-state index contributed by atoms with van der Waals surface area (Å²) in [7, 11) is 0. The summed E-state index contributed by atoms with van der Waals surface area (Å²) in [5.74, 6) is 1.44. The van der Waals surface area contributed by atoms with E-state index in [0.29, 0.717) is 17.2 Å². The van der Waals surface area contributed by atoms with E-state index in [-0.39, 0.29) is 0 Å². The predicted molar refractivity (Wildman–Crippen MR) is 95.9 cm³/mol. The summed E-state index contributed by atoms with van der Waals surface area (Å²) in [6.07, 6.45) is 11.2. The van der Waals surface area contributed by atoms with Gasteiger partial charge in [0, 0.05) is 19.2 Å². The maximum atomic E-state index is 9.07. The van der Waals surface area contributed by atoms with Crippen LogP contribution in [0, 0.1) is 11.3 Å². The molecule has 0 amide bonds. The van der Waals surface area contributed by atoms with Crippen LogP contribution in [0.15, 0.2) is 61.3 Å². The molecule has 4 nitrogen and oxygen atoms in total. The second kappa shape index (κ2) is 7.01. The van der Waals surface area contributed by atoms with Gasteiger partial charge in [0.05, 0.1) is 17.3 Å². The molecule has 4 heteroatoms. The van der Waals surface area contributed by atoms with Crippen molar-refractivity contribution < 1.29 is 0 Å². The zero-order valence-corrected chi connectivity index (χ0v) is 13.5. The van der Waals surface area contributed by atoms with Gasteiger partial charge in [-0.05, 0) is 36.1 Å². The third-order valence-electron chi connectivity index (χ3n) is 4.31. The van der Waals surface area contributed by atoms with Crippen molar-refractivity contribution in [2.45, 2.75) is 25.3 Å². The molecule has 3 rings (SSSR count). The van der Waals surface area contributed by atoms with Crippen molar-refractivity contribution in [1.29, 1.82) is 5.26 Å². The van der Waals surface area contributed by atoms with Crippen LogP contribution in [0.5, 0.6) is 0 Å². The van der Waals surface area contributed by atoms with Gasteiger partial charge < -0.3 is 10.3 Å². The van der Waals surface area contributed by atoms with E-state index in [9.17, 15) is 0 Å². The molecule has 1 unspecified atom stereocenters. The van der Waals surface area contributed by atoms with Gasteiger partial charge in [-0.15, -0.1) is 0 Å². The molecule has 0 saturated heterocycles. The molecule has 0 bridgehead atoms. The van der Waals surface area contributed by atoms with Gasteiger partial charge in [-0.25, -0.2) is 4.98 Å². The highest BCUT2D eigenvalue weighted by Gasteiger charge is 2.22. The molecule has 2 heterocycles. The fourth-order valence-corrected chi connectivity index (χ4v) is 3.04. The topological polar surface area (TPSA) is 67.6 Å². The highest BCUT2D eigenvalue weighted by Crippen LogP contribution is 2.30. The number of rotatable bonds is 4. The molecule has 2 aromatic rings. The smallest absolute Gasteiger partial charge is 0.110 e. The Balaban J connectivity index is 1.81. The molecule has 1 aliphatic heterocycles. The van der Waals surface area contributed by atoms with E-state index < -0.39 is 0 Å². The lowest BCUT2D eigenvalue weighted by Gasteiger charge is -2.23. The van der Waals surface area contributed by atoms with Crippen LogP contribution < -0.4 is 5.73 Å². The van der Waals surface area contributed by atoms with Gasteiger partial charge in [0.2, 0.25) is 0 Å². The molecule has 1 aliphatic rings. The quantitative estimate of drug-likeness (QED) is 0.877. The zero-order chi connectivity index (χ0) is 16.9. The number of imidazole rings is 1. The van der Waals surface area contributed by atoms with Gasteiger partial charge in [-0.2, -0.15) is 5.26 Å². The molecule has 0 aliphatic carbocycles. The highest BCUT2D eigenvalue weighted by atomic mass is 15.1. The van der Waals surface area contributed by atoms with Crippen LogP contribution in [0.25, 0.3) is 5.70 Å². The fraction of sp³-hybridized carbons (Fsp3) is 0.200. The first-order chi connectivity index (χ1) is 11.7. The van der Waals surface area contributed by atoms with Crippen LogP contribution in [0.4, 0.5) is 0 Å². The summed E-state index contributed by atoms with van der Waals surface area (Å²) < 4.78 is 2.18. The number of allylic oxidation sites excluding steroid dienone is 4. The van der Waals surface area contributed by atoms with Crippen molar-refractivity contribution in [1.82, 2.24) is 9.55 Å². The first kappa shape index (κ1) is 15.8. The third kappa shape index (κ3) is 3.31. The van der Waals surface area contributed by atoms with E-state index in [1.54, 1.807) is 6.08 Å². The first-order valence-electron chi connectivity index (χ1n) is 8.02. The SMILES string of the molecule is C=C/C=C\C=C(/N)c1cn2c(n1)CC(c1cccc(C#N)c1)CC2. The molecular formula is C20H20N4. The fourth-order valence-electron chi connectivity index (χ4n) is 3.04. The minimum absolute atomic E-state index is 0.395. The number of fused-ring (bicyclic) bond motifs is 1. The van der Waals surface area contributed by atoms with Crippen molar-refractivity contribution in [2.75, 3.05) is 0 Å². The second-order valence-electron chi connectivity index (χ2n) is 5.91. The van der Waals surface area contributed by atoms with Gasteiger partial charge in [-0.1, -0.05) is 36.9 Å². The minimum atomic E-state index is 0.395. The Morgan fingerprint density at radius 1 is 1.42 bits per heavy atom. The molecule has 2 N–H and O–H groups in total. The monoisotopic (exact) mass is 316 g/mol. The van der Waals surface area contributed by atoms with E-state index in [4.69, 9.17) is 16.0 Å². The van der Waals surface area contributed by atoms with Gasteiger partial charge in [-0.3, -0.25) is 0 Å². The highest BCUT2D eigenvalue weighted by molar-refractivity contribution is 5.61. The van der Waals surface area contributed by atoms with Crippen LogP contribution >= 0.6 is 0 Å². The summed E-state index contributed by atoms with van der Waals surface area (Å²) in [6.45, 7) is 4.55. The van der Waals surface area contributed by atoms with Crippen LogP contribution in [0.2, 0.25) is 0 Å². The summed E-state index contributed by atoms with van der Waals surface area (Å²) in [5.41, 5.74) is 9.48. The number of aryl methyl sites for hydroxylation is 1. The number of aromatic nitrogens is 2. The van der Waals surface area contributed by atoms with Crippen LogP contribution in [0.1, 0.15) is 35.0 Å². The Morgan fingerprint density at radius 3 is 3.08 bits per heavy atom. The average Bonchev–Trinajstić information content (AvgIpc) is 3.05. The largest absolute Gasteiger partial charge is 0.397 e. The summed E-state index contributed by atoms with van der Waals surface area (Å²) in [4.78, 5) is 4.69. The first-order valence-corrected chi connectivity index (χ1v) is 8.02. The maximum Gasteiger partial charge on any atom is 0.110 e. The number of benzene rings is 1. The molecule has 1 aromatic carbocycles. The number of hydrogen-bond acceptors (Lipinski definition) is 3. The van der Waals surface area contributed by atoms with Crippen molar-refractivity contribution in [3.63, 3.8) is 0 Å². The molecule has 0 saturated carbocycles. The van der Waals surface area contributed by atoms with Crippen molar-refractivity contribution in [3.05, 3.63) is 84.0 Å². The van der Waals surface area contributed by atoms with E-state index in [1.165, 1.54) is 5.56 Å². The van der Waals surface area contributed by atoms with E-state index in [1.807, 2.05) is 42.6 Å². The lowest BCUT2D eigenvalue weighted by molar-refractivity contribution is 0.466. The summed E-state index contributed by atoms with van der Waals surface area (Å²) >= 11 is 0. The molecule has 120 valence electrons. The van der Waals surface area contributed by atoms with Gasteiger partial charge >= 0.3 is 0 Å². The van der Waals surface area contributed by atoms with Gasteiger partial charge in [0.1, 0.15) is 11.5 Å². The van der Waals surface area contributed by atoms with E-state index in [2.05, 4.69) is 23.3 Å². The molecule has 0 fully saturated rings. The Bertz CT molecular complexity index is 849. The summed E-state index contributed by atoms with van der Waals surface area (Å²) in [6, 6.07) is 10.1. The minimum Gasteiger partial charge on any atom is -0.397 e. The number of hydrogen-bond donors (Lipinski definition) is 1. The van der Waals surface area contributed by atoms with Crippen molar-refractivity contribution in [3.8, 4) is 6.07 Å². The van der Waals surface area contributed by atoms with Crippen LogP contribution in [0.3, 0.4) is 0 Å². The van der Waals surface area contributed by atoms with E-state index in [0.717, 1.165) is 30.9 Å². The van der Waals surface area contributed by atoms with Crippen LogP contribution in [-0.4, -0.2) is 9.55 Å². The Morgan fingerprint density at radius 2 is 2.29 bits per heavy atom. The molecule has 1 atom stereocenters. The maximum absolute atomic E-state index is 9.07. The lowest BCUT2D eigenvalue weighted by atomic mass is 9.89.